The number of ether oxygens (including phenoxy) is 1. The fourth-order valence-electron chi connectivity index (χ4n) is 5.32. The maximum absolute atomic E-state index is 13.6. The molecule has 1 amide bonds. The van der Waals surface area contributed by atoms with E-state index in [1.807, 2.05) is 42.5 Å². The summed E-state index contributed by atoms with van der Waals surface area (Å²) in [6, 6.07) is 23.5. The third kappa shape index (κ3) is 7.09. The minimum atomic E-state index is -4.08. The van der Waals surface area contributed by atoms with Gasteiger partial charge in [0.2, 0.25) is 10.0 Å². The third-order valence-corrected chi connectivity index (χ3v) is 13.3. The summed E-state index contributed by atoms with van der Waals surface area (Å²) in [5, 5.41) is 0. The molecule has 5 rings (SSSR count). The summed E-state index contributed by atoms with van der Waals surface area (Å²) in [7, 11) is -9.32. The summed E-state index contributed by atoms with van der Waals surface area (Å²) >= 11 is 0. The molecular formula is C32H39N3O6S2Si. The van der Waals surface area contributed by atoms with Crippen molar-refractivity contribution in [3.63, 3.8) is 0 Å². The van der Waals surface area contributed by atoms with Gasteiger partial charge in [-0.25, -0.2) is 17.0 Å². The number of rotatable bonds is 11. The molecule has 12 heteroatoms. The quantitative estimate of drug-likeness (QED) is 0.258. The van der Waals surface area contributed by atoms with Crippen LogP contribution in [0.2, 0.25) is 25.7 Å². The predicted octanol–water partition coefficient (Wildman–Crippen LogP) is 5.36. The smallest absolute Gasteiger partial charge is 0.329 e. The van der Waals surface area contributed by atoms with Crippen LogP contribution in [0.25, 0.3) is 6.08 Å². The van der Waals surface area contributed by atoms with Gasteiger partial charge in [0.05, 0.1) is 10.6 Å². The molecule has 0 saturated carbocycles. The first-order chi connectivity index (χ1) is 20.9. The van der Waals surface area contributed by atoms with Crippen molar-refractivity contribution < 1.29 is 26.4 Å². The van der Waals surface area contributed by atoms with Crippen molar-refractivity contribution in [2.24, 2.45) is 0 Å². The minimum Gasteiger partial charge on any atom is -0.487 e. The Morgan fingerprint density at radius 1 is 0.977 bits per heavy atom. The molecule has 0 spiro atoms. The predicted molar refractivity (Wildman–Crippen MR) is 176 cm³/mol. The van der Waals surface area contributed by atoms with Gasteiger partial charge in [0, 0.05) is 27.2 Å². The number of carbonyl (C=O) groups is 1. The van der Waals surface area contributed by atoms with E-state index in [9.17, 15) is 21.6 Å². The van der Waals surface area contributed by atoms with Crippen LogP contribution in [0.4, 0.5) is 5.69 Å². The Hall–Kier alpha value is -3.45. The maximum atomic E-state index is 13.6. The average Bonchev–Trinajstić information content (AvgIpc) is 3.56. The number of sulfonamides is 1. The fraction of sp³-hybridized carbons (Fsp3) is 0.344. The van der Waals surface area contributed by atoms with Gasteiger partial charge < -0.3 is 4.74 Å². The van der Waals surface area contributed by atoms with Crippen molar-refractivity contribution in [2.45, 2.75) is 56.1 Å². The van der Waals surface area contributed by atoms with Crippen LogP contribution in [0.15, 0.2) is 89.8 Å². The molecule has 2 fully saturated rings. The number of hydrogen-bond donors (Lipinski definition) is 0. The first-order valence-electron chi connectivity index (χ1n) is 14.8. The molecule has 0 N–H and O–H groups in total. The van der Waals surface area contributed by atoms with Crippen molar-refractivity contribution >= 4 is 46.0 Å². The second-order valence-electron chi connectivity index (χ2n) is 12.3. The standard InChI is InChI=1S/C32H39N3O6S2Si/c1-44(2,3)22-21-34-32(36)24-35(43(34,39)40)30-19-17-26(23-31(30)41-25-27-11-6-4-7-12-27)16-18-28-13-10-20-33(28)42(37,38)29-14-8-5-9-15-29/h4-9,11-12,14-19,23,28H,10,13,20-22,24-25H2,1-3H3. The number of benzene rings is 3. The van der Waals surface area contributed by atoms with Crippen LogP contribution in [0, 0.1) is 0 Å². The Balaban J connectivity index is 1.43. The molecule has 3 aromatic rings. The van der Waals surface area contributed by atoms with E-state index in [4.69, 9.17) is 4.74 Å². The molecule has 44 heavy (non-hydrogen) atoms. The normalized spacial score (nSPS) is 19.2. The van der Waals surface area contributed by atoms with Crippen molar-refractivity contribution in [2.75, 3.05) is 23.9 Å². The van der Waals surface area contributed by atoms with Gasteiger partial charge in [-0.1, -0.05) is 86.4 Å². The monoisotopic (exact) mass is 653 g/mol. The summed E-state index contributed by atoms with van der Waals surface area (Å²) in [6.45, 7) is 6.93. The molecule has 2 heterocycles. The molecule has 2 saturated heterocycles. The van der Waals surface area contributed by atoms with E-state index in [2.05, 4.69) is 19.6 Å². The lowest BCUT2D eigenvalue weighted by Crippen LogP contribution is -2.37. The van der Waals surface area contributed by atoms with Gasteiger partial charge in [-0.2, -0.15) is 12.7 Å². The van der Waals surface area contributed by atoms with Crippen LogP contribution >= 0.6 is 0 Å². The number of anilines is 1. The zero-order chi connectivity index (χ0) is 31.5. The highest BCUT2D eigenvalue weighted by Gasteiger charge is 2.44. The Labute approximate surface area is 262 Å². The van der Waals surface area contributed by atoms with Gasteiger partial charge in [-0.3, -0.25) is 4.79 Å². The van der Waals surface area contributed by atoms with E-state index in [0.29, 0.717) is 24.8 Å². The second-order valence-corrected chi connectivity index (χ2v) is 21.6. The lowest BCUT2D eigenvalue weighted by molar-refractivity contribution is -0.123. The summed E-state index contributed by atoms with van der Waals surface area (Å²) < 4.78 is 63.6. The second kappa shape index (κ2) is 12.9. The summed E-state index contributed by atoms with van der Waals surface area (Å²) in [6.07, 6.45) is 5.16. The van der Waals surface area contributed by atoms with E-state index in [0.717, 1.165) is 26.2 Å². The molecule has 0 aliphatic carbocycles. The van der Waals surface area contributed by atoms with E-state index in [1.54, 1.807) is 48.5 Å². The van der Waals surface area contributed by atoms with E-state index in [-0.39, 0.29) is 36.3 Å². The molecular weight excluding hydrogens is 615 g/mol. The zero-order valence-electron chi connectivity index (χ0n) is 25.3. The third-order valence-electron chi connectivity index (χ3n) is 7.78. The summed E-state index contributed by atoms with van der Waals surface area (Å²) in [5.74, 6) is -0.137. The Morgan fingerprint density at radius 3 is 2.34 bits per heavy atom. The first kappa shape index (κ1) is 32.0. The van der Waals surface area contributed by atoms with Gasteiger partial charge >= 0.3 is 10.2 Å². The van der Waals surface area contributed by atoms with E-state index in [1.165, 1.54) is 4.31 Å². The van der Waals surface area contributed by atoms with Gasteiger partial charge in [0.1, 0.15) is 18.9 Å². The first-order valence-corrected chi connectivity index (χ1v) is 21.3. The molecule has 9 nitrogen and oxygen atoms in total. The molecule has 0 radical (unpaired) electrons. The van der Waals surface area contributed by atoms with Crippen LogP contribution in [-0.4, -0.2) is 65.1 Å². The average molecular weight is 654 g/mol. The van der Waals surface area contributed by atoms with Gasteiger partial charge in [0.15, 0.2) is 0 Å². The lowest BCUT2D eigenvalue weighted by Gasteiger charge is -2.24. The van der Waals surface area contributed by atoms with Crippen molar-refractivity contribution in [3.8, 4) is 5.75 Å². The zero-order valence-corrected chi connectivity index (χ0v) is 27.9. The van der Waals surface area contributed by atoms with Crippen molar-refractivity contribution in [1.29, 1.82) is 0 Å². The Kier molecular flexibility index (Phi) is 9.35. The maximum Gasteiger partial charge on any atom is 0.329 e. The summed E-state index contributed by atoms with van der Waals surface area (Å²) in [5.41, 5.74) is 1.92. The lowest BCUT2D eigenvalue weighted by atomic mass is 10.1. The highest BCUT2D eigenvalue weighted by atomic mass is 32.2. The molecule has 3 aromatic carbocycles. The van der Waals surface area contributed by atoms with Crippen molar-refractivity contribution in [3.05, 3.63) is 96.1 Å². The molecule has 0 bridgehead atoms. The van der Waals surface area contributed by atoms with Crippen LogP contribution in [-0.2, 0) is 31.6 Å². The highest BCUT2D eigenvalue weighted by molar-refractivity contribution is 7.91. The number of carbonyl (C=O) groups excluding carboxylic acids is 1. The summed E-state index contributed by atoms with van der Waals surface area (Å²) in [4.78, 5) is 13.2. The highest BCUT2D eigenvalue weighted by Crippen LogP contribution is 2.36. The van der Waals surface area contributed by atoms with E-state index < -0.39 is 34.2 Å². The molecule has 2 aliphatic rings. The molecule has 2 aliphatic heterocycles. The SMILES string of the molecule is C[Si](C)(C)CCN1C(=O)CN(c2ccc(C=CC3CCCN3S(=O)(=O)c3ccccc3)cc2OCc2ccccc2)S1(=O)=O. The largest absolute Gasteiger partial charge is 0.487 e. The number of amides is 1. The van der Waals surface area contributed by atoms with Gasteiger partial charge in [0.25, 0.3) is 5.91 Å². The van der Waals surface area contributed by atoms with E-state index >= 15 is 0 Å². The van der Waals surface area contributed by atoms with Crippen LogP contribution < -0.4 is 9.04 Å². The Bertz CT molecular complexity index is 1730. The molecule has 234 valence electrons. The minimum absolute atomic E-state index is 0.165. The topological polar surface area (TPSA) is 104 Å². The van der Waals surface area contributed by atoms with Crippen LogP contribution in [0.1, 0.15) is 24.0 Å². The number of nitrogens with zero attached hydrogens (tertiary/aromatic N) is 3. The molecule has 1 atom stereocenters. The number of hydrogen-bond acceptors (Lipinski definition) is 6. The van der Waals surface area contributed by atoms with Gasteiger partial charge in [-0.15, -0.1) is 0 Å². The van der Waals surface area contributed by atoms with Crippen LogP contribution in [0.5, 0.6) is 5.75 Å². The molecule has 0 aromatic heterocycles. The van der Waals surface area contributed by atoms with Gasteiger partial charge in [-0.05, 0) is 54.3 Å². The van der Waals surface area contributed by atoms with Crippen molar-refractivity contribution in [1.82, 2.24) is 8.61 Å². The Morgan fingerprint density at radius 2 is 1.66 bits per heavy atom. The fourth-order valence-corrected chi connectivity index (χ4v) is 9.59. The van der Waals surface area contributed by atoms with Crippen LogP contribution in [0.3, 0.4) is 0 Å². The molecule has 1 unspecified atom stereocenters.